The van der Waals surface area contributed by atoms with Crippen molar-refractivity contribution < 1.29 is 23.5 Å². The van der Waals surface area contributed by atoms with Crippen LogP contribution in [0.2, 0.25) is 5.02 Å². The number of alkyl carbamates (subject to hydrolysis) is 1. The molecule has 0 aliphatic rings. The van der Waals surface area contributed by atoms with E-state index in [-0.39, 0.29) is 23.7 Å². The summed E-state index contributed by atoms with van der Waals surface area (Å²) in [5.74, 6) is -1.12. The normalized spacial score (nSPS) is 12.4. The van der Waals surface area contributed by atoms with E-state index in [1.165, 1.54) is 19.2 Å². The van der Waals surface area contributed by atoms with Crippen molar-refractivity contribution in [3.8, 4) is 0 Å². The summed E-state index contributed by atoms with van der Waals surface area (Å²) < 4.78 is 23.8. The van der Waals surface area contributed by atoms with Crippen molar-refractivity contribution in [3.63, 3.8) is 0 Å². The Morgan fingerprint density at radius 1 is 1.33 bits per heavy atom. The van der Waals surface area contributed by atoms with Crippen LogP contribution in [0.25, 0.3) is 0 Å². The van der Waals surface area contributed by atoms with Crippen molar-refractivity contribution >= 4 is 23.6 Å². The summed E-state index contributed by atoms with van der Waals surface area (Å²) in [5.41, 5.74) is -0.452. The maximum atomic E-state index is 13.8. The van der Waals surface area contributed by atoms with Gasteiger partial charge in [-0.2, -0.15) is 0 Å². The third-order valence-corrected chi connectivity index (χ3v) is 3.12. The van der Waals surface area contributed by atoms with Crippen LogP contribution in [0.3, 0.4) is 0 Å². The minimum atomic E-state index is -0.966. The fraction of sp³-hybridized carbons (Fsp3) is 0.500. The van der Waals surface area contributed by atoms with Crippen LogP contribution in [0.5, 0.6) is 0 Å². The van der Waals surface area contributed by atoms with Crippen molar-refractivity contribution in [2.45, 2.75) is 39.0 Å². The molecule has 0 aromatic heterocycles. The molecule has 1 aromatic carbocycles. The number of benzene rings is 1. The minimum Gasteiger partial charge on any atom is -0.444 e. The van der Waals surface area contributed by atoms with Crippen molar-refractivity contribution in [1.82, 2.24) is 10.6 Å². The maximum Gasteiger partial charge on any atom is 0.408 e. The molecule has 6 nitrogen and oxygen atoms in total. The van der Waals surface area contributed by atoms with Gasteiger partial charge < -0.3 is 20.1 Å². The molecule has 0 bridgehead atoms. The highest BCUT2D eigenvalue weighted by Gasteiger charge is 2.24. The van der Waals surface area contributed by atoms with Gasteiger partial charge in [0.15, 0.2) is 0 Å². The van der Waals surface area contributed by atoms with Crippen LogP contribution in [0, 0.1) is 5.82 Å². The smallest absolute Gasteiger partial charge is 0.408 e. The minimum absolute atomic E-state index is 0.0259. The van der Waals surface area contributed by atoms with Crippen molar-refractivity contribution in [2.75, 3.05) is 13.7 Å². The Hall–Kier alpha value is -1.86. The molecule has 0 saturated heterocycles. The number of methoxy groups -OCH3 is 1. The summed E-state index contributed by atoms with van der Waals surface area (Å²) in [7, 11) is 1.40. The average Bonchev–Trinajstić information content (AvgIpc) is 2.46. The van der Waals surface area contributed by atoms with Crippen molar-refractivity contribution in [2.24, 2.45) is 0 Å². The molecule has 24 heavy (non-hydrogen) atoms. The summed E-state index contributed by atoms with van der Waals surface area (Å²) in [4.78, 5) is 24.0. The summed E-state index contributed by atoms with van der Waals surface area (Å²) in [6.45, 7) is 5.00. The van der Waals surface area contributed by atoms with E-state index in [4.69, 9.17) is 21.1 Å². The number of nitrogens with one attached hydrogen (secondary N) is 2. The van der Waals surface area contributed by atoms with E-state index in [0.29, 0.717) is 0 Å². The topological polar surface area (TPSA) is 76.7 Å². The first-order valence-electron chi connectivity index (χ1n) is 7.33. The number of amides is 2. The Kier molecular flexibility index (Phi) is 7.44. The van der Waals surface area contributed by atoms with Gasteiger partial charge in [-0.3, -0.25) is 4.79 Å². The lowest BCUT2D eigenvalue weighted by atomic mass is 10.2. The van der Waals surface area contributed by atoms with Gasteiger partial charge >= 0.3 is 6.09 Å². The first-order chi connectivity index (χ1) is 11.1. The number of hydrogen-bond donors (Lipinski definition) is 2. The highest BCUT2D eigenvalue weighted by Crippen LogP contribution is 2.17. The average molecular weight is 361 g/mol. The van der Waals surface area contributed by atoms with Gasteiger partial charge in [-0.05, 0) is 26.8 Å². The second-order valence-electron chi connectivity index (χ2n) is 6.08. The maximum absolute atomic E-state index is 13.8. The highest BCUT2D eigenvalue weighted by molar-refractivity contribution is 6.30. The molecule has 0 radical (unpaired) electrons. The first-order valence-corrected chi connectivity index (χ1v) is 7.71. The van der Waals surface area contributed by atoms with Gasteiger partial charge in [-0.15, -0.1) is 0 Å². The van der Waals surface area contributed by atoms with Gasteiger partial charge in [0.25, 0.3) is 0 Å². The lowest BCUT2D eigenvalue weighted by molar-refractivity contribution is -0.124. The van der Waals surface area contributed by atoms with Crippen LogP contribution in [0.4, 0.5) is 9.18 Å². The fourth-order valence-corrected chi connectivity index (χ4v) is 1.98. The van der Waals surface area contributed by atoms with Gasteiger partial charge in [0.2, 0.25) is 5.91 Å². The zero-order valence-corrected chi connectivity index (χ0v) is 14.9. The van der Waals surface area contributed by atoms with Gasteiger partial charge in [0.1, 0.15) is 17.5 Å². The largest absolute Gasteiger partial charge is 0.444 e. The zero-order valence-electron chi connectivity index (χ0n) is 14.1. The molecule has 1 atom stereocenters. The number of hydrogen-bond acceptors (Lipinski definition) is 4. The molecule has 0 fully saturated rings. The summed E-state index contributed by atoms with van der Waals surface area (Å²) in [6.07, 6.45) is -0.742. The van der Waals surface area contributed by atoms with E-state index < -0.39 is 29.5 Å². The first kappa shape index (κ1) is 20.2. The second-order valence-corrected chi connectivity index (χ2v) is 6.49. The Morgan fingerprint density at radius 3 is 2.58 bits per heavy atom. The van der Waals surface area contributed by atoms with E-state index in [2.05, 4.69) is 10.6 Å². The molecule has 0 aliphatic carbocycles. The molecule has 1 aromatic rings. The number of ether oxygens (including phenoxy) is 2. The molecular weight excluding hydrogens is 339 g/mol. The third-order valence-electron chi connectivity index (χ3n) is 2.83. The van der Waals surface area contributed by atoms with Crippen LogP contribution in [0.1, 0.15) is 26.3 Å². The second kappa shape index (κ2) is 8.84. The van der Waals surface area contributed by atoms with Crippen molar-refractivity contribution in [1.29, 1.82) is 0 Å². The van der Waals surface area contributed by atoms with Crippen LogP contribution in [-0.4, -0.2) is 37.4 Å². The lowest BCUT2D eigenvalue weighted by Crippen LogP contribution is -2.50. The van der Waals surface area contributed by atoms with E-state index >= 15 is 0 Å². The van der Waals surface area contributed by atoms with Crippen LogP contribution < -0.4 is 10.6 Å². The van der Waals surface area contributed by atoms with Crippen LogP contribution in [0.15, 0.2) is 18.2 Å². The Morgan fingerprint density at radius 2 is 2.00 bits per heavy atom. The molecule has 134 valence electrons. The summed E-state index contributed by atoms with van der Waals surface area (Å²) in [5, 5.41) is 4.92. The molecule has 1 unspecified atom stereocenters. The molecule has 2 N–H and O–H groups in total. The molecule has 1 rings (SSSR count). The van der Waals surface area contributed by atoms with E-state index in [1.807, 2.05) is 0 Å². The Bertz CT molecular complexity index is 590. The van der Waals surface area contributed by atoms with Gasteiger partial charge in [-0.25, -0.2) is 9.18 Å². The standard InChI is InChI=1S/C16H22ClFN2O4/c1-16(2,3)24-15(22)20-12(9-23-4)14(21)19-8-10-6-5-7-11(17)13(10)18/h5-7,12H,8-9H2,1-4H3,(H,19,21)(H,20,22). The quantitative estimate of drug-likeness (QED) is 0.817. The van der Waals surface area contributed by atoms with Gasteiger partial charge in [-0.1, -0.05) is 23.7 Å². The molecule has 2 amide bonds. The molecule has 8 heteroatoms. The number of halogens is 2. The SMILES string of the molecule is COCC(NC(=O)OC(C)(C)C)C(=O)NCc1cccc(Cl)c1F. The van der Waals surface area contributed by atoms with Crippen LogP contribution >= 0.6 is 11.6 Å². The predicted octanol–water partition coefficient (Wildman–Crippen LogP) is 2.64. The molecule has 0 aliphatic heterocycles. The monoisotopic (exact) mass is 360 g/mol. The summed E-state index contributed by atoms with van der Waals surface area (Å²) >= 11 is 5.69. The molecule has 0 spiro atoms. The van der Waals surface area contributed by atoms with E-state index in [0.717, 1.165) is 0 Å². The molecule has 0 heterocycles. The van der Waals surface area contributed by atoms with E-state index in [1.54, 1.807) is 26.8 Å². The van der Waals surface area contributed by atoms with Crippen LogP contribution in [-0.2, 0) is 20.8 Å². The van der Waals surface area contributed by atoms with Gasteiger partial charge in [0.05, 0.1) is 11.6 Å². The number of carbonyl (C=O) groups excluding carboxylic acids is 2. The van der Waals surface area contributed by atoms with Crippen molar-refractivity contribution in [3.05, 3.63) is 34.6 Å². The fourth-order valence-electron chi connectivity index (χ4n) is 1.79. The predicted molar refractivity (Wildman–Crippen MR) is 88.3 cm³/mol. The Labute approximate surface area is 145 Å². The third kappa shape index (κ3) is 6.72. The highest BCUT2D eigenvalue weighted by atomic mass is 35.5. The number of carbonyl (C=O) groups is 2. The van der Waals surface area contributed by atoms with Gasteiger partial charge in [0, 0.05) is 19.2 Å². The lowest BCUT2D eigenvalue weighted by Gasteiger charge is -2.23. The number of rotatable bonds is 6. The zero-order chi connectivity index (χ0) is 18.3. The Balaban J connectivity index is 2.66. The summed E-state index contributed by atoms with van der Waals surface area (Å²) in [6, 6.07) is 3.54. The van der Waals surface area contributed by atoms with E-state index in [9.17, 15) is 14.0 Å². The molecular formula is C16H22ClFN2O4. The molecule has 0 saturated carbocycles.